The van der Waals surface area contributed by atoms with Crippen LogP contribution in [0.15, 0.2) is 30.3 Å². The highest BCUT2D eigenvalue weighted by Crippen LogP contribution is 2.07. The molecule has 1 amide bonds. The Morgan fingerprint density at radius 2 is 1.90 bits per heavy atom. The molecule has 0 aliphatic carbocycles. The molecule has 0 aliphatic rings. The third kappa shape index (κ3) is 7.53. The third-order valence-electron chi connectivity index (χ3n) is 3.69. The predicted molar refractivity (Wildman–Crippen MR) is 92.9 cm³/mol. The minimum Gasteiger partial charge on any atom is -0.355 e. The molecule has 3 nitrogen and oxygen atoms in total. The van der Waals surface area contributed by atoms with Crippen molar-refractivity contribution in [2.75, 3.05) is 20.1 Å². The number of amides is 1. The van der Waals surface area contributed by atoms with Gasteiger partial charge in [0.25, 0.3) is 0 Å². The molecule has 21 heavy (non-hydrogen) atoms. The molecule has 0 fully saturated rings. The molecule has 4 heteroatoms. The largest absolute Gasteiger partial charge is 0.355 e. The summed E-state index contributed by atoms with van der Waals surface area (Å²) in [5.74, 6) is 0.0272. The Balaban J connectivity index is 2.16. The van der Waals surface area contributed by atoms with Gasteiger partial charge in [-0.2, -0.15) is 12.6 Å². The smallest absolute Gasteiger partial charge is 0.233 e. The number of hydrogen-bond donors (Lipinski definition) is 2. The van der Waals surface area contributed by atoms with E-state index in [1.807, 2.05) is 30.3 Å². The lowest BCUT2D eigenvalue weighted by Crippen LogP contribution is -2.34. The van der Waals surface area contributed by atoms with Crippen LogP contribution in [-0.4, -0.2) is 42.2 Å². The van der Waals surface area contributed by atoms with E-state index in [0.717, 1.165) is 31.5 Å². The molecule has 0 radical (unpaired) electrons. The third-order valence-corrected chi connectivity index (χ3v) is 4.11. The van der Waals surface area contributed by atoms with E-state index in [0.29, 0.717) is 12.5 Å². The number of hydrogen-bond acceptors (Lipinski definition) is 3. The highest BCUT2D eigenvalue weighted by molar-refractivity contribution is 7.81. The summed E-state index contributed by atoms with van der Waals surface area (Å²) in [4.78, 5) is 14.3. The first-order valence-corrected chi connectivity index (χ1v) is 8.22. The summed E-state index contributed by atoms with van der Waals surface area (Å²) in [6.45, 7) is 6.19. The maximum atomic E-state index is 12.0. The number of rotatable bonds is 9. The van der Waals surface area contributed by atoms with Crippen LogP contribution < -0.4 is 5.32 Å². The Labute approximate surface area is 134 Å². The van der Waals surface area contributed by atoms with Crippen molar-refractivity contribution in [1.29, 1.82) is 0 Å². The van der Waals surface area contributed by atoms with Gasteiger partial charge in [0.2, 0.25) is 5.91 Å². The monoisotopic (exact) mass is 308 g/mol. The zero-order chi connectivity index (χ0) is 15.7. The number of carbonyl (C=O) groups is 1. The predicted octanol–water partition coefficient (Wildman–Crippen LogP) is 2.76. The molecule has 118 valence electrons. The molecular weight excluding hydrogens is 280 g/mol. The molecule has 0 heterocycles. The maximum Gasteiger partial charge on any atom is 0.233 e. The maximum absolute atomic E-state index is 12.0. The van der Waals surface area contributed by atoms with E-state index in [1.165, 1.54) is 0 Å². The van der Waals surface area contributed by atoms with Gasteiger partial charge in [0.15, 0.2) is 0 Å². The second kappa shape index (κ2) is 9.85. The molecule has 1 aromatic rings. The molecule has 0 aliphatic heterocycles. The molecule has 1 aromatic carbocycles. The molecule has 0 saturated carbocycles. The second-order valence-electron chi connectivity index (χ2n) is 5.78. The van der Waals surface area contributed by atoms with Gasteiger partial charge in [-0.05, 0) is 52.3 Å². The van der Waals surface area contributed by atoms with Crippen molar-refractivity contribution in [2.45, 2.75) is 44.4 Å². The fraction of sp³-hybridized carbons (Fsp3) is 0.588. The van der Waals surface area contributed by atoms with Gasteiger partial charge in [0, 0.05) is 12.6 Å². The average Bonchev–Trinajstić information content (AvgIpc) is 2.47. The highest BCUT2D eigenvalue weighted by atomic mass is 32.1. The van der Waals surface area contributed by atoms with Gasteiger partial charge >= 0.3 is 0 Å². The van der Waals surface area contributed by atoms with E-state index >= 15 is 0 Å². The Morgan fingerprint density at radius 3 is 2.52 bits per heavy atom. The van der Waals surface area contributed by atoms with Gasteiger partial charge in [0.1, 0.15) is 0 Å². The summed E-state index contributed by atoms with van der Waals surface area (Å²) < 4.78 is 0. The first-order valence-electron chi connectivity index (χ1n) is 7.70. The summed E-state index contributed by atoms with van der Waals surface area (Å²) >= 11 is 4.40. The van der Waals surface area contributed by atoms with E-state index in [1.54, 1.807) is 0 Å². The lowest BCUT2D eigenvalue weighted by Gasteiger charge is -2.20. The first kappa shape index (κ1) is 18.1. The summed E-state index contributed by atoms with van der Waals surface area (Å²) in [6, 6.07) is 10.6. The molecule has 1 rings (SSSR count). The number of nitrogens with one attached hydrogen (secondary N) is 1. The molecular formula is C17H28N2OS. The normalized spacial score (nSPS) is 12.7. The van der Waals surface area contributed by atoms with Crippen molar-refractivity contribution < 1.29 is 4.79 Å². The van der Waals surface area contributed by atoms with E-state index in [2.05, 4.69) is 43.7 Å². The van der Waals surface area contributed by atoms with Crippen LogP contribution in [0, 0.1) is 0 Å². The fourth-order valence-corrected chi connectivity index (χ4v) is 2.31. The Kier molecular flexibility index (Phi) is 8.47. The van der Waals surface area contributed by atoms with Crippen LogP contribution in [0.2, 0.25) is 0 Å². The van der Waals surface area contributed by atoms with Crippen LogP contribution in [0.3, 0.4) is 0 Å². The van der Waals surface area contributed by atoms with E-state index in [4.69, 9.17) is 0 Å². The molecule has 1 N–H and O–H groups in total. The number of thiol groups is 1. The van der Waals surface area contributed by atoms with Gasteiger partial charge in [0.05, 0.1) is 5.25 Å². The lowest BCUT2D eigenvalue weighted by molar-refractivity contribution is -0.120. The Morgan fingerprint density at radius 1 is 1.24 bits per heavy atom. The summed E-state index contributed by atoms with van der Waals surface area (Å²) in [6.07, 6.45) is 2.78. The van der Waals surface area contributed by atoms with Crippen molar-refractivity contribution in [1.82, 2.24) is 10.2 Å². The fourth-order valence-electron chi connectivity index (χ4n) is 2.00. The number of nitrogens with zero attached hydrogens (tertiary/aromatic N) is 1. The van der Waals surface area contributed by atoms with Crippen LogP contribution in [0.25, 0.3) is 0 Å². The zero-order valence-corrected chi connectivity index (χ0v) is 14.3. The quantitative estimate of drug-likeness (QED) is 0.543. The Bertz CT molecular complexity index is 409. The minimum absolute atomic E-state index is 0.0272. The SMILES string of the molecule is CC(C)N(C)CCCCNC(=O)C(S)Cc1ccccc1. The second-order valence-corrected chi connectivity index (χ2v) is 6.40. The molecule has 1 unspecified atom stereocenters. The van der Waals surface area contributed by atoms with E-state index in [9.17, 15) is 4.79 Å². The van der Waals surface area contributed by atoms with Gasteiger partial charge in [-0.3, -0.25) is 4.79 Å². The van der Waals surface area contributed by atoms with Crippen molar-refractivity contribution in [3.63, 3.8) is 0 Å². The molecule has 0 saturated heterocycles. The van der Waals surface area contributed by atoms with E-state index in [-0.39, 0.29) is 11.2 Å². The van der Waals surface area contributed by atoms with Gasteiger partial charge in [-0.25, -0.2) is 0 Å². The van der Waals surface area contributed by atoms with Crippen molar-refractivity contribution >= 4 is 18.5 Å². The molecule has 0 bridgehead atoms. The van der Waals surface area contributed by atoms with Crippen molar-refractivity contribution in [3.8, 4) is 0 Å². The number of benzene rings is 1. The summed E-state index contributed by atoms with van der Waals surface area (Å²) in [5, 5.41) is 2.70. The van der Waals surface area contributed by atoms with Crippen LogP contribution in [-0.2, 0) is 11.2 Å². The summed E-state index contributed by atoms with van der Waals surface area (Å²) in [5.41, 5.74) is 1.14. The topological polar surface area (TPSA) is 32.3 Å². The van der Waals surface area contributed by atoms with Crippen LogP contribution in [0.4, 0.5) is 0 Å². The van der Waals surface area contributed by atoms with Gasteiger partial charge < -0.3 is 10.2 Å². The van der Waals surface area contributed by atoms with E-state index < -0.39 is 0 Å². The Hall–Kier alpha value is -1.00. The highest BCUT2D eigenvalue weighted by Gasteiger charge is 2.13. The van der Waals surface area contributed by atoms with Crippen LogP contribution in [0.5, 0.6) is 0 Å². The standard InChI is InChI=1S/C17H28N2OS/c1-14(2)19(3)12-8-7-11-18-17(20)16(21)13-15-9-5-4-6-10-15/h4-6,9-10,14,16,21H,7-8,11-13H2,1-3H3,(H,18,20). The zero-order valence-electron chi connectivity index (χ0n) is 13.4. The van der Waals surface area contributed by atoms with Gasteiger partial charge in [-0.1, -0.05) is 30.3 Å². The van der Waals surface area contributed by atoms with Gasteiger partial charge in [-0.15, -0.1) is 0 Å². The average molecular weight is 308 g/mol. The van der Waals surface area contributed by atoms with Crippen LogP contribution >= 0.6 is 12.6 Å². The summed E-state index contributed by atoms with van der Waals surface area (Å²) in [7, 11) is 2.13. The molecule has 0 spiro atoms. The molecule has 0 aromatic heterocycles. The number of carbonyl (C=O) groups excluding carboxylic acids is 1. The van der Waals surface area contributed by atoms with Crippen molar-refractivity contribution in [3.05, 3.63) is 35.9 Å². The minimum atomic E-state index is -0.272. The van der Waals surface area contributed by atoms with Crippen LogP contribution in [0.1, 0.15) is 32.3 Å². The van der Waals surface area contributed by atoms with Crippen molar-refractivity contribution in [2.24, 2.45) is 0 Å². The lowest BCUT2D eigenvalue weighted by atomic mass is 10.1. The molecule has 1 atom stereocenters. The first-order chi connectivity index (χ1) is 10.0. The number of unbranched alkanes of at least 4 members (excludes halogenated alkanes) is 1.